The summed E-state index contributed by atoms with van der Waals surface area (Å²) < 4.78 is 43.2. The molecule has 0 amide bonds. The van der Waals surface area contributed by atoms with Gasteiger partial charge in [-0.3, -0.25) is 4.72 Å². The van der Waals surface area contributed by atoms with Gasteiger partial charge < -0.3 is 14.2 Å². The Kier molecular flexibility index (Phi) is 6.52. The molecule has 0 atom stereocenters. The molecule has 2 aromatic rings. The number of anilines is 1. The SMILES string of the molecule is COCCOc1ccc(S(=O)(=O)Nc2cc(C)c(Cl)cc2OC)cc1. The zero-order chi connectivity index (χ0) is 18.4. The quantitative estimate of drug-likeness (QED) is 0.704. The monoisotopic (exact) mass is 385 g/mol. The van der Waals surface area contributed by atoms with Gasteiger partial charge in [0, 0.05) is 18.2 Å². The van der Waals surface area contributed by atoms with Crippen LogP contribution in [-0.4, -0.2) is 35.9 Å². The summed E-state index contributed by atoms with van der Waals surface area (Å²) in [6, 6.07) is 9.32. The van der Waals surface area contributed by atoms with Crippen LogP contribution in [0.5, 0.6) is 11.5 Å². The highest BCUT2D eigenvalue weighted by Gasteiger charge is 2.17. The molecule has 8 heteroatoms. The molecule has 0 aliphatic carbocycles. The van der Waals surface area contributed by atoms with Gasteiger partial charge in [0.15, 0.2) is 0 Å². The van der Waals surface area contributed by atoms with Gasteiger partial charge >= 0.3 is 0 Å². The van der Waals surface area contributed by atoms with Crippen LogP contribution in [0.25, 0.3) is 0 Å². The maximum absolute atomic E-state index is 12.6. The van der Waals surface area contributed by atoms with Crippen LogP contribution in [0.1, 0.15) is 5.56 Å². The Hall–Kier alpha value is -1.96. The van der Waals surface area contributed by atoms with Crippen LogP contribution in [0.15, 0.2) is 41.3 Å². The van der Waals surface area contributed by atoms with Crippen LogP contribution in [0.3, 0.4) is 0 Å². The molecule has 2 aromatic carbocycles. The van der Waals surface area contributed by atoms with Crippen LogP contribution in [0.2, 0.25) is 5.02 Å². The van der Waals surface area contributed by atoms with E-state index in [-0.39, 0.29) is 4.90 Å². The predicted molar refractivity (Wildman–Crippen MR) is 97.4 cm³/mol. The van der Waals surface area contributed by atoms with Crippen molar-refractivity contribution in [2.75, 3.05) is 32.2 Å². The fourth-order valence-electron chi connectivity index (χ4n) is 2.07. The van der Waals surface area contributed by atoms with Gasteiger partial charge in [0.1, 0.15) is 18.1 Å². The molecule has 0 fully saturated rings. The lowest BCUT2D eigenvalue weighted by atomic mass is 10.2. The summed E-state index contributed by atoms with van der Waals surface area (Å²) in [5, 5.41) is 0.498. The first-order chi connectivity index (χ1) is 11.9. The molecule has 0 heterocycles. The van der Waals surface area contributed by atoms with E-state index in [1.807, 2.05) is 0 Å². The van der Waals surface area contributed by atoms with Gasteiger partial charge in [0.25, 0.3) is 10.0 Å². The smallest absolute Gasteiger partial charge is 0.262 e. The van der Waals surface area contributed by atoms with Crippen LogP contribution < -0.4 is 14.2 Å². The van der Waals surface area contributed by atoms with E-state index < -0.39 is 10.0 Å². The number of rotatable bonds is 8. The van der Waals surface area contributed by atoms with Gasteiger partial charge in [-0.25, -0.2) is 8.42 Å². The summed E-state index contributed by atoms with van der Waals surface area (Å²) in [4.78, 5) is 0.112. The molecular formula is C17H20ClNO5S. The van der Waals surface area contributed by atoms with Crippen LogP contribution in [-0.2, 0) is 14.8 Å². The zero-order valence-corrected chi connectivity index (χ0v) is 15.8. The topological polar surface area (TPSA) is 73.9 Å². The fraction of sp³-hybridized carbons (Fsp3) is 0.294. The first-order valence-electron chi connectivity index (χ1n) is 7.46. The number of sulfonamides is 1. The van der Waals surface area contributed by atoms with Crippen molar-refractivity contribution < 1.29 is 22.6 Å². The number of aryl methyl sites for hydroxylation is 1. The minimum atomic E-state index is -3.77. The van der Waals surface area contributed by atoms with E-state index in [0.29, 0.717) is 35.4 Å². The van der Waals surface area contributed by atoms with E-state index in [0.717, 1.165) is 5.56 Å². The summed E-state index contributed by atoms with van der Waals surface area (Å²) in [6.07, 6.45) is 0. The van der Waals surface area contributed by atoms with Crippen LogP contribution >= 0.6 is 11.6 Å². The highest BCUT2D eigenvalue weighted by Crippen LogP contribution is 2.32. The second kappa shape index (κ2) is 8.42. The highest BCUT2D eigenvalue weighted by atomic mass is 35.5. The van der Waals surface area contributed by atoms with E-state index in [1.54, 1.807) is 38.3 Å². The van der Waals surface area contributed by atoms with E-state index in [1.165, 1.54) is 19.2 Å². The molecule has 0 aliphatic rings. The second-order valence-corrected chi connectivity index (χ2v) is 7.31. The Balaban J connectivity index is 2.20. The van der Waals surface area contributed by atoms with Gasteiger partial charge in [-0.2, -0.15) is 0 Å². The van der Waals surface area contributed by atoms with Gasteiger partial charge in [-0.15, -0.1) is 0 Å². The molecule has 0 aliphatic heterocycles. The normalized spacial score (nSPS) is 11.2. The molecule has 0 saturated heterocycles. The molecule has 0 radical (unpaired) electrons. The lowest BCUT2D eigenvalue weighted by Gasteiger charge is -2.14. The molecule has 6 nitrogen and oxygen atoms in total. The minimum Gasteiger partial charge on any atom is -0.495 e. The maximum Gasteiger partial charge on any atom is 0.262 e. The predicted octanol–water partition coefficient (Wildman–Crippen LogP) is 3.48. The molecule has 0 spiro atoms. The van der Waals surface area contributed by atoms with E-state index in [9.17, 15) is 8.42 Å². The maximum atomic E-state index is 12.6. The molecule has 0 bridgehead atoms. The van der Waals surface area contributed by atoms with Gasteiger partial charge in [-0.05, 0) is 42.8 Å². The molecule has 0 unspecified atom stereocenters. The first kappa shape index (κ1) is 19.4. The van der Waals surface area contributed by atoms with Crippen molar-refractivity contribution in [2.45, 2.75) is 11.8 Å². The minimum absolute atomic E-state index is 0.112. The average molecular weight is 386 g/mol. The molecule has 2 rings (SSSR count). The van der Waals surface area contributed by atoms with Gasteiger partial charge in [0.05, 0.1) is 24.3 Å². The number of ether oxygens (including phenoxy) is 3. The average Bonchev–Trinajstić information content (AvgIpc) is 2.58. The lowest BCUT2D eigenvalue weighted by molar-refractivity contribution is 0.146. The number of hydrogen-bond acceptors (Lipinski definition) is 5. The van der Waals surface area contributed by atoms with Crippen molar-refractivity contribution in [1.29, 1.82) is 0 Å². The Labute approximate surface area is 152 Å². The standard InChI is InChI=1S/C17H20ClNO5S/c1-12-10-16(17(23-3)11-15(12)18)19-25(20,21)14-6-4-13(5-7-14)24-9-8-22-2/h4-7,10-11,19H,8-9H2,1-3H3. The second-order valence-electron chi connectivity index (χ2n) is 5.22. The number of benzene rings is 2. The molecule has 136 valence electrons. The number of methoxy groups -OCH3 is 2. The van der Waals surface area contributed by atoms with Crippen molar-refractivity contribution in [3.8, 4) is 11.5 Å². The lowest BCUT2D eigenvalue weighted by Crippen LogP contribution is -2.14. The molecular weight excluding hydrogens is 366 g/mol. The first-order valence-corrected chi connectivity index (χ1v) is 9.32. The molecule has 25 heavy (non-hydrogen) atoms. The van der Waals surface area contributed by atoms with Crippen molar-refractivity contribution in [3.05, 3.63) is 47.0 Å². The summed E-state index contributed by atoms with van der Waals surface area (Å²) in [5.74, 6) is 0.912. The third kappa shape index (κ3) is 5.01. The Bertz CT molecular complexity index is 822. The van der Waals surface area contributed by atoms with Crippen molar-refractivity contribution >= 4 is 27.3 Å². The van der Waals surface area contributed by atoms with Gasteiger partial charge in [-0.1, -0.05) is 11.6 Å². The Morgan fingerprint density at radius 3 is 2.36 bits per heavy atom. The summed E-state index contributed by atoms with van der Waals surface area (Å²) in [5.41, 5.74) is 1.06. The fourth-order valence-corrected chi connectivity index (χ4v) is 3.29. The van der Waals surface area contributed by atoms with Crippen LogP contribution in [0, 0.1) is 6.92 Å². The third-order valence-corrected chi connectivity index (χ3v) is 5.20. The summed E-state index contributed by atoms with van der Waals surface area (Å²) in [7, 11) is -0.741. The molecule has 1 N–H and O–H groups in total. The third-order valence-electron chi connectivity index (χ3n) is 3.42. The van der Waals surface area contributed by atoms with Gasteiger partial charge in [0.2, 0.25) is 0 Å². The molecule has 0 aromatic heterocycles. The molecule has 0 saturated carbocycles. The van der Waals surface area contributed by atoms with Crippen molar-refractivity contribution in [1.82, 2.24) is 0 Å². The van der Waals surface area contributed by atoms with Crippen molar-refractivity contribution in [2.24, 2.45) is 0 Å². The Morgan fingerprint density at radius 1 is 1.08 bits per heavy atom. The zero-order valence-electron chi connectivity index (χ0n) is 14.2. The summed E-state index contributed by atoms with van der Waals surface area (Å²) >= 11 is 6.04. The Morgan fingerprint density at radius 2 is 1.76 bits per heavy atom. The van der Waals surface area contributed by atoms with Crippen molar-refractivity contribution in [3.63, 3.8) is 0 Å². The summed E-state index contributed by atoms with van der Waals surface area (Å²) in [6.45, 7) is 2.63. The largest absolute Gasteiger partial charge is 0.495 e. The van der Waals surface area contributed by atoms with E-state index >= 15 is 0 Å². The number of hydrogen-bond donors (Lipinski definition) is 1. The highest BCUT2D eigenvalue weighted by molar-refractivity contribution is 7.92. The number of nitrogens with one attached hydrogen (secondary N) is 1. The van der Waals surface area contributed by atoms with E-state index in [4.69, 9.17) is 25.8 Å². The number of halogens is 1. The van der Waals surface area contributed by atoms with E-state index in [2.05, 4.69) is 4.72 Å². The van der Waals surface area contributed by atoms with Crippen LogP contribution in [0.4, 0.5) is 5.69 Å².